The van der Waals surface area contributed by atoms with E-state index in [1.807, 2.05) is 49.6 Å². The SMILES string of the molecule is CSc1n[nH]c(N2C(=O)C(O)=C(c3ccc(C)cc3)[C@@H]2c2ccc(Cl)cc2)n1. The quantitative estimate of drug-likeness (QED) is 0.614. The van der Waals surface area contributed by atoms with Crippen molar-refractivity contribution in [2.24, 2.45) is 0 Å². The van der Waals surface area contributed by atoms with E-state index in [-0.39, 0.29) is 11.7 Å². The van der Waals surface area contributed by atoms with Gasteiger partial charge in [-0.2, -0.15) is 4.98 Å². The molecule has 0 bridgehead atoms. The zero-order valence-corrected chi connectivity index (χ0v) is 16.8. The Hall–Kier alpha value is -2.77. The monoisotopic (exact) mass is 412 g/mol. The number of amides is 1. The predicted octanol–water partition coefficient (Wildman–Crippen LogP) is 4.55. The molecule has 0 spiro atoms. The van der Waals surface area contributed by atoms with Gasteiger partial charge in [0.15, 0.2) is 5.76 Å². The van der Waals surface area contributed by atoms with E-state index in [1.165, 1.54) is 16.7 Å². The van der Waals surface area contributed by atoms with Crippen molar-refractivity contribution in [2.75, 3.05) is 11.2 Å². The molecule has 0 unspecified atom stereocenters. The van der Waals surface area contributed by atoms with Crippen LogP contribution >= 0.6 is 23.4 Å². The second-order valence-corrected chi connectivity index (χ2v) is 7.61. The Morgan fingerprint density at radius 2 is 1.82 bits per heavy atom. The summed E-state index contributed by atoms with van der Waals surface area (Å²) < 4.78 is 0. The largest absolute Gasteiger partial charge is 0.503 e. The first-order valence-corrected chi connectivity index (χ1v) is 10.2. The highest BCUT2D eigenvalue weighted by Crippen LogP contribution is 2.44. The van der Waals surface area contributed by atoms with E-state index in [2.05, 4.69) is 15.2 Å². The van der Waals surface area contributed by atoms with Crippen LogP contribution in [0.15, 0.2) is 59.4 Å². The number of nitrogens with zero attached hydrogens (tertiary/aromatic N) is 3. The molecule has 2 N–H and O–H groups in total. The number of aliphatic hydroxyl groups excluding tert-OH is 1. The molecule has 3 aromatic rings. The summed E-state index contributed by atoms with van der Waals surface area (Å²) >= 11 is 7.41. The van der Waals surface area contributed by atoms with Gasteiger partial charge in [0.1, 0.15) is 0 Å². The van der Waals surface area contributed by atoms with Gasteiger partial charge < -0.3 is 5.11 Å². The van der Waals surface area contributed by atoms with Crippen molar-refractivity contribution in [2.45, 2.75) is 18.1 Å². The van der Waals surface area contributed by atoms with Crippen LogP contribution in [0.3, 0.4) is 0 Å². The lowest BCUT2D eigenvalue weighted by Crippen LogP contribution is -2.31. The molecule has 142 valence electrons. The Labute approximate surface area is 171 Å². The molecule has 0 saturated carbocycles. The molecule has 0 radical (unpaired) electrons. The van der Waals surface area contributed by atoms with Crippen LogP contribution in [-0.2, 0) is 4.79 Å². The van der Waals surface area contributed by atoms with Gasteiger partial charge in [0, 0.05) is 10.6 Å². The molecule has 2 heterocycles. The topological polar surface area (TPSA) is 82.1 Å². The number of hydrogen-bond acceptors (Lipinski definition) is 5. The molecule has 6 nitrogen and oxygen atoms in total. The average Bonchev–Trinajstić information content (AvgIpc) is 3.27. The van der Waals surface area contributed by atoms with Crippen molar-refractivity contribution in [3.05, 3.63) is 76.0 Å². The molecule has 1 aliphatic rings. The fraction of sp³-hybridized carbons (Fsp3) is 0.150. The molecular formula is C20H17ClN4O2S. The fourth-order valence-corrected chi connectivity index (χ4v) is 3.69. The first-order chi connectivity index (χ1) is 13.5. The highest BCUT2D eigenvalue weighted by atomic mass is 35.5. The summed E-state index contributed by atoms with van der Waals surface area (Å²) in [6.45, 7) is 1.99. The molecular weight excluding hydrogens is 396 g/mol. The van der Waals surface area contributed by atoms with E-state index in [9.17, 15) is 9.90 Å². The van der Waals surface area contributed by atoms with Gasteiger partial charge in [-0.3, -0.25) is 9.69 Å². The number of aliphatic hydroxyl groups is 1. The maximum absolute atomic E-state index is 13.0. The standard InChI is InChI=1S/C20H17ClN4O2S/c1-11-3-5-12(6-4-11)15-16(13-7-9-14(21)10-8-13)25(18(27)17(15)26)19-22-20(28-2)24-23-19/h3-10,16,26H,1-2H3,(H,22,23,24)/t16-/m0/s1. The first kappa shape index (κ1) is 18.6. The molecule has 28 heavy (non-hydrogen) atoms. The lowest BCUT2D eigenvalue weighted by Gasteiger charge is -2.25. The molecule has 2 aromatic carbocycles. The summed E-state index contributed by atoms with van der Waals surface area (Å²) in [5.74, 6) is -0.548. The summed E-state index contributed by atoms with van der Waals surface area (Å²) in [6, 6.07) is 14.3. The van der Waals surface area contributed by atoms with Gasteiger partial charge in [-0.05, 0) is 36.4 Å². The average molecular weight is 413 g/mol. The third-order valence-electron chi connectivity index (χ3n) is 4.62. The minimum atomic E-state index is -0.560. The fourth-order valence-electron chi connectivity index (χ4n) is 3.25. The van der Waals surface area contributed by atoms with E-state index in [0.717, 1.165) is 16.7 Å². The molecule has 1 aromatic heterocycles. The molecule has 0 saturated heterocycles. The number of hydrogen-bond donors (Lipinski definition) is 2. The highest BCUT2D eigenvalue weighted by Gasteiger charge is 2.43. The number of aromatic amines is 1. The summed E-state index contributed by atoms with van der Waals surface area (Å²) in [5, 5.41) is 18.8. The van der Waals surface area contributed by atoms with Gasteiger partial charge in [-0.25, -0.2) is 5.10 Å². The van der Waals surface area contributed by atoms with Crippen molar-refractivity contribution >= 4 is 40.8 Å². The second kappa shape index (κ2) is 7.33. The second-order valence-electron chi connectivity index (χ2n) is 6.40. The van der Waals surface area contributed by atoms with Crippen LogP contribution in [0.2, 0.25) is 5.02 Å². The van der Waals surface area contributed by atoms with Gasteiger partial charge in [0.05, 0.1) is 6.04 Å². The number of benzene rings is 2. The van der Waals surface area contributed by atoms with Crippen molar-refractivity contribution in [1.82, 2.24) is 15.2 Å². The van der Waals surface area contributed by atoms with Crippen LogP contribution in [0.25, 0.3) is 5.57 Å². The molecule has 1 aliphatic heterocycles. The number of anilines is 1. The lowest BCUT2D eigenvalue weighted by molar-refractivity contribution is -0.117. The van der Waals surface area contributed by atoms with E-state index in [0.29, 0.717) is 15.8 Å². The summed E-state index contributed by atoms with van der Waals surface area (Å²) in [7, 11) is 0. The maximum atomic E-state index is 13.0. The van der Waals surface area contributed by atoms with Crippen molar-refractivity contribution < 1.29 is 9.90 Å². The van der Waals surface area contributed by atoms with Crippen molar-refractivity contribution in [1.29, 1.82) is 0 Å². The van der Waals surface area contributed by atoms with Crippen LogP contribution < -0.4 is 4.90 Å². The Bertz CT molecular complexity index is 1060. The van der Waals surface area contributed by atoms with Crippen molar-refractivity contribution in [3.63, 3.8) is 0 Å². The Morgan fingerprint density at radius 3 is 2.43 bits per heavy atom. The molecule has 4 rings (SSSR count). The number of carbonyl (C=O) groups is 1. The van der Waals surface area contributed by atoms with Gasteiger partial charge in [0.2, 0.25) is 11.1 Å². The van der Waals surface area contributed by atoms with Crippen LogP contribution in [-0.4, -0.2) is 32.5 Å². The highest BCUT2D eigenvalue weighted by molar-refractivity contribution is 7.98. The zero-order chi connectivity index (χ0) is 19.8. The number of rotatable bonds is 4. The molecule has 0 aliphatic carbocycles. The predicted molar refractivity (Wildman–Crippen MR) is 111 cm³/mol. The van der Waals surface area contributed by atoms with Crippen LogP contribution in [0.5, 0.6) is 0 Å². The Kier molecular flexibility index (Phi) is 4.87. The third kappa shape index (κ3) is 3.16. The molecule has 1 amide bonds. The number of halogens is 1. The number of aryl methyl sites for hydroxylation is 1. The van der Waals surface area contributed by atoms with E-state index in [1.54, 1.807) is 12.1 Å². The molecule has 8 heteroatoms. The number of carbonyl (C=O) groups excluding carboxylic acids is 1. The minimum absolute atomic E-state index is 0.281. The van der Waals surface area contributed by atoms with E-state index < -0.39 is 11.9 Å². The Balaban J connectivity index is 1.88. The summed E-state index contributed by atoms with van der Waals surface area (Å²) in [5.41, 5.74) is 3.19. The van der Waals surface area contributed by atoms with Crippen LogP contribution in [0.1, 0.15) is 22.7 Å². The summed E-state index contributed by atoms with van der Waals surface area (Å²) in [4.78, 5) is 18.8. The first-order valence-electron chi connectivity index (χ1n) is 8.55. The maximum Gasteiger partial charge on any atom is 0.296 e. The normalized spacial score (nSPS) is 16.9. The van der Waals surface area contributed by atoms with Gasteiger partial charge in [-0.15, -0.1) is 5.10 Å². The third-order valence-corrected chi connectivity index (χ3v) is 5.42. The molecule has 1 atom stereocenters. The zero-order valence-electron chi connectivity index (χ0n) is 15.2. The summed E-state index contributed by atoms with van der Waals surface area (Å²) in [6.07, 6.45) is 1.85. The number of H-pyrrole nitrogens is 1. The van der Waals surface area contributed by atoms with Crippen molar-refractivity contribution in [3.8, 4) is 0 Å². The smallest absolute Gasteiger partial charge is 0.296 e. The Morgan fingerprint density at radius 1 is 1.14 bits per heavy atom. The van der Waals surface area contributed by atoms with Crippen LogP contribution in [0.4, 0.5) is 5.95 Å². The van der Waals surface area contributed by atoms with Gasteiger partial charge >= 0.3 is 0 Å². The number of nitrogens with one attached hydrogen (secondary N) is 1. The molecule has 0 fully saturated rings. The lowest BCUT2D eigenvalue weighted by atomic mass is 9.93. The number of aromatic nitrogens is 3. The van der Waals surface area contributed by atoms with Gasteiger partial charge in [0.25, 0.3) is 5.91 Å². The number of thioether (sulfide) groups is 1. The van der Waals surface area contributed by atoms with Crippen LogP contribution in [0, 0.1) is 6.92 Å². The van der Waals surface area contributed by atoms with E-state index in [4.69, 9.17) is 11.6 Å². The minimum Gasteiger partial charge on any atom is -0.503 e. The van der Waals surface area contributed by atoms with E-state index >= 15 is 0 Å². The van der Waals surface area contributed by atoms with Gasteiger partial charge in [-0.1, -0.05) is 65.3 Å².